The van der Waals surface area contributed by atoms with E-state index in [0.29, 0.717) is 16.6 Å². The molecule has 0 aromatic carbocycles. The van der Waals surface area contributed by atoms with E-state index in [2.05, 4.69) is 31.3 Å². The van der Waals surface area contributed by atoms with E-state index in [-0.39, 0.29) is 35.6 Å². The molecule has 0 spiro atoms. The molecule has 1 N–H and O–H groups in total. The zero-order valence-electron chi connectivity index (χ0n) is 15.0. The van der Waals surface area contributed by atoms with Crippen LogP contribution in [0.25, 0.3) is 0 Å². The molecule has 13 heteroatoms. The molecule has 0 atom stereocenters. The SMILES string of the molecule is CCOC(=O)Cc1csc(NC(=O)c2ccc(Cn3cc(Br)c([N+](=O)[O-])n3)o2)n1. The monoisotopic (exact) mass is 483 g/mol. The fourth-order valence-corrected chi connectivity index (χ4v) is 3.47. The van der Waals surface area contributed by atoms with Gasteiger partial charge in [-0.1, -0.05) is 0 Å². The number of thiazole rings is 1. The lowest BCUT2D eigenvalue weighted by atomic mass is 10.3. The standard InChI is InChI=1S/C16H14BrN5O6S/c1-2-27-13(23)5-9-8-29-16(18-9)19-15(24)12-4-3-10(28-12)6-21-7-11(17)14(20-21)22(25)26/h3-4,7-8H,2,5-6H2,1H3,(H,18,19,24). The number of hydrogen-bond acceptors (Lipinski definition) is 9. The van der Waals surface area contributed by atoms with E-state index in [0.717, 1.165) is 0 Å². The highest BCUT2D eigenvalue weighted by molar-refractivity contribution is 9.10. The quantitative estimate of drug-likeness (QED) is 0.292. The molecule has 0 fully saturated rings. The Labute approximate surface area is 176 Å². The summed E-state index contributed by atoms with van der Waals surface area (Å²) in [6, 6.07) is 3.05. The van der Waals surface area contributed by atoms with Gasteiger partial charge < -0.3 is 19.3 Å². The number of esters is 1. The van der Waals surface area contributed by atoms with Crippen LogP contribution in [0.4, 0.5) is 10.9 Å². The average Bonchev–Trinajstić information content (AvgIpc) is 3.36. The Morgan fingerprint density at radius 1 is 1.45 bits per heavy atom. The molecule has 3 aromatic rings. The van der Waals surface area contributed by atoms with Gasteiger partial charge in [0.05, 0.1) is 30.0 Å². The number of carbonyl (C=O) groups is 2. The van der Waals surface area contributed by atoms with Crippen molar-refractivity contribution < 1.29 is 23.7 Å². The van der Waals surface area contributed by atoms with E-state index >= 15 is 0 Å². The second-order valence-corrected chi connectivity index (χ2v) is 7.31. The fraction of sp³-hybridized carbons (Fsp3) is 0.250. The van der Waals surface area contributed by atoms with Gasteiger partial charge in [0.25, 0.3) is 5.91 Å². The van der Waals surface area contributed by atoms with Crippen LogP contribution in [0.1, 0.15) is 28.9 Å². The van der Waals surface area contributed by atoms with Crippen molar-refractivity contribution >= 4 is 50.1 Å². The third kappa shape index (κ3) is 5.26. The molecule has 11 nitrogen and oxygen atoms in total. The summed E-state index contributed by atoms with van der Waals surface area (Å²) < 4.78 is 11.9. The molecule has 0 radical (unpaired) electrons. The van der Waals surface area contributed by atoms with Crippen LogP contribution < -0.4 is 5.32 Å². The first-order valence-electron chi connectivity index (χ1n) is 8.23. The highest BCUT2D eigenvalue weighted by Crippen LogP contribution is 2.23. The molecule has 29 heavy (non-hydrogen) atoms. The maximum absolute atomic E-state index is 12.3. The summed E-state index contributed by atoms with van der Waals surface area (Å²) in [6.07, 6.45) is 1.47. The van der Waals surface area contributed by atoms with E-state index in [1.165, 1.54) is 28.3 Å². The third-order valence-corrected chi connectivity index (χ3v) is 4.84. The molecule has 0 aliphatic heterocycles. The molecule has 0 unspecified atom stereocenters. The number of carbonyl (C=O) groups excluding carboxylic acids is 2. The van der Waals surface area contributed by atoms with Crippen LogP contribution >= 0.6 is 27.3 Å². The molecular weight excluding hydrogens is 470 g/mol. The predicted molar refractivity (Wildman–Crippen MR) is 105 cm³/mol. The average molecular weight is 484 g/mol. The molecule has 0 saturated carbocycles. The largest absolute Gasteiger partial charge is 0.466 e. The summed E-state index contributed by atoms with van der Waals surface area (Å²) in [7, 11) is 0. The summed E-state index contributed by atoms with van der Waals surface area (Å²) in [5, 5.41) is 19.2. The van der Waals surface area contributed by atoms with Gasteiger partial charge in [0.1, 0.15) is 16.8 Å². The lowest BCUT2D eigenvalue weighted by molar-refractivity contribution is -0.390. The number of anilines is 1. The van der Waals surface area contributed by atoms with E-state index in [9.17, 15) is 19.7 Å². The lowest BCUT2D eigenvalue weighted by Gasteiger charge is -1.99. The van der Waals surface area contributed by atoms with Crippen molar-refractivity contribution in [1.29, 1.82) is 0 Å². The van der Waals surface area contributed by atoms with Crippen LogP contribution in [-0.4, -0.2) is 38.2 Å². The number of furan rings is 1. The Bertz CT molecular complexity index is 1060. The highest BCUT2D eigenvalue weighted by Gasteiger charge is 2.20. The zero-order chi connectivity index (χ0) is 21.0. The van der Waals surface area contributed by atoms with Crippen molar-refractivity contribution in [1.82, 2.24) is 14.8 Å². The van der Waals surface area contributed by atoms with Crippen LogP contribution in [0.15, 0.2) is 32.6 Å². The molecule has 3 heterocycles. The zero-order valence-corrected chi connectivity index (χ0v) is 17.4. The second-order valence-electron chi connectivity index (χ2n) is 5.60. The first-order chi connectivity index (χ1) is 13.9. The van der Waals surface area contributed by atoms with Crippen molar-refractivity contribution in [3.05, 3.63) is 55.5 Å². The smallest absolute Gasteiger partial charge is 0.404 e. The van der Waals surface area contributed by atoms with E-state index in [1.807, 2.05) is 0 Å². The predicted octanol–water partition coefficient (Wildman–Crippen LogP) is 3.01. The normalized spacial score (nSPS) is 10.7. The minimum atomic E-state index is -0.605. The van der Waals surface area contributed by atoms with Crippen molar-refractivity contribution in [3.63, 3.8) is 0 Å². The van der Waals surface area contributed by atoms with Crippen molar-refractivity contribution in [2.45, 2.75) is 19.9 Å². The highest BCUT2D eigenvalue weighted by atomic mass is 79.9. The first kappa shape index (κ1) is 20.7. The number of amides is 1. The van der Waals surface area contributed by atoms with E-state index in [1.54, 1.807) is 18.4 Å². The number of nitro groups is 1. The number of halogens is 1. The number of nitrogens with one attached hydrogen (secondary N) is 1. The van der Waals surface area contributed by atoms with Gasteiger partial charge in [0, 0.05) is 5.38 Å². The minimum Gasteiger partial charge on any atom is -0.466 e. The van der Waals surface area contributed by atoms with Crippen molar-refractivity contribution in [2.24, 2.45) is 0 Å². The molecule has 0 aliphatic carbocycles. The van der Waals surface area contributed by atoms with Gasteiger partial charge in [-0.3, -0.25) is 14.9 Å². The maximum Gasteiger partial charge on any atom is 0.404 e. The Morgan fingerprint density at radius 3 is 2.93 bits per heavy atom. The molecule has 0 bridgehead atoms. The summed E-state index contributed by atoms with van der Waals surface area (Å²) in [4.78, 5) is 38.2. The van der Waals surface area contributed by atoms with Gasteiger partial charge in [-0.2, -0.15) is 4.68 Å². The summed E-state index contributed by atoms with van der Waals surface area (Å²) in [5.74, 6) is -0.778. The summed E-state index contributed by atoms with van der Waals surface area (Å²) in [6.45, 7) is 2.12. The Hall–Kier alpha value is -3.06. The van der Waals surface area contributed by atoms with Crippen LogP contribution in [0, 0.1) is 10.1 Å². The second kappa shape index (κ2) is 8.96. The fourth-order valence-electron chi connectivity index (χ4n) is 2.30. The molecule has 3 rings (SSSR count). The Balaban J connectivity index is 1.61. The maximum atomic E-state index is 12.3. The van der Waals surface area contributed by atoms with Gasteiger partial charge in [-0.05, 0) is 39.9 Å². The number of nitrogens with zero attached hydrogens (tertiary/aromatic N) is 4. The van der Waals surface area contributed by atoms with Gasteiger partial charge in [-0.25, -0.2) is 4.98 Å². The number of hydrogen-bond donors (Lipinski definition) is 1. The Kier molecular flexibility index (Phi) is 6.39. The van der Waals surface area contributed by atoms with Gasteiger partial charge >= 0.3 is 11.8 Å². The van der Waals surface area contributed by atoms with Crippen molar-refractivity contribution in [3.8, 4) is 0 Å². The van der Waals surface area contributed by atoms with E-state index < -0.39 is 16.8 Å². The molecule has 0 saturated heterocycles. The van der Waals surface area contributed by atoms with Crippen LogP contribution in [-0.2, 0) is 22.5 Å². The molecule has 1 amide bonds. The van der Waals surface area contributed by atoms with Gasteiger partial charge in [0.15, 0.2) is 10.9 Å². The topological polar surface area (TPSA) is 142 Å². The number of aromatic nitrogens is 3. The molecule has 3 aromatic heterocycles. The lowest BCUT2D eigenvalue weighted by Crippen LogP contribution is -2.11. The van der Waals surface area contributed by atoms with Gasteiger partial charge in [-0.15, -0.1) is 11.3 Å². The molecular formula is C16H14BrN5O6S. The molecule has 0 aliphatic rings. The summed E-state index contributed by atoms with van der Waals surface area (Å²) in [5.41, 5.74) is 0.495. The third-order valence-electron chi connectivity index (χ3n) is 3.48. The van der Waals surface area contributed by atoms with Crippen LogP contribution in [0.2, 0.25) is 0 Å². The Morgan fingerprint density at radius 2 is 2.24 bits per heavy atom. The number of rotatable bonds is 8. The summed E-state index contributed by atoms with van der Waals surface area (Å²) >= 11 is 4.24. The van der Waals surface area contributed by atoms with Crippen molar-refractivity contribution in [2.75, 3.05) is 11.9 Å². The first-order valence-corrected chi connectivity index (χ1v) is 9.90. The van der Waals surface area contributed by atoms with Crippen LogP contribution in [0.3, 0.4) is 0 Å². The minimum absolute atomic E-state index is 0.0245. The number of ether oxygens (including phenoxy) is 1. The van der Waals surface area contributed by atoms with E-state index in [4.69, 9.17) is 9.15 Å². The van der Waals surface area contributed by atoms with Gasteiger partial charge in [0.2, 0.25) is 0 Å². The van der Waals surface area contributed by atoms with Crippen LogP contribution in [0.5, 0.6) is 0 Å². The molecule has 152 valence electrons.